The van der Waals surface area contributed by atoms with Crippen LogP contribution in [0, 0.1) is 0 Å². The number of halogens is 2. The predicted octanol–water partition coefficient (Wildman–Crippen LogP) is 3.45. The number of aliphatic hydroxyl groups excluding tert-OH is 1. The maximum Gasteiger partial charge on any atom is 0.225 e. The molecule has 1 unspecified atom stereocenters. The summed E-state index contributed by atoms with van der Waals surface area (Å²) in [5.41, 5.74) is 0.437. The van der Waals surface area contributed by atoms with Crippen LogP contribution in [0.3, 0.4) is 0 Å². The first-order chi connectivity index (χ1) is 9.58. The van der Waals surface area contributed by atoms with E-state index in [0.29, 0.717) is 22.0 Å². The Labute approximate surface area is 131 Å². The Hall–Kier alpha value is -1.07. The van der Waals surface area contributed by atoms with E-state index >= 15 is 0 Å². The zero-order valence-electron chi connectivity index (χ0n) is 10.5. The van der Waals surface area contributed by atoms with Crippen LogP contribution in [0.5, 0.6) is 0 Å². The molecule has 0 saturated carbocycles. The van der Waals surface area contributed by atoms with Gasteiger partial charge in [-0.05, 0) is 23.6 Å². The van der Waals surface area contributed by atoms with Crippen molar-refractivity contribution in [3.8, 4) is 0 Å². The number of thiophene rings is 1. The van der Waals surface area contributed by atoms with Crippen molar-refractivity contribution in [2.24, 2.45) is 0 Å². The largest absolute Gasteiger partial charge is 0.386 e. The van der Waals surface area contributed by atoms with Gasteiger partial charge in [0.2, 0.25) is 5.91 Å². The Morgan fingerprint density at radius 2 is 1.95 bits per heavy atom. The molecule has 0 saturated heterocycles. The van der Waals surface area contributed by atoms with Crippen LogP contribution >= 0.6 is 34.5 Å². The standard InChI is InChI=1S/C14H13Cl2NO2S/c15-10-4-1-5-11(16)14(10)12(18)8-17-13(19)7-9-3-2-6-20-9/h1-6,12,18H,7-8H2,(H,17,19). The summed E-state index contributed by atoms with van der Waals surface area (Å²) >= 11 is 13.5. The average Bonchev–Trinajstić information content (AvgIpc) is 2.89. The van der Waals surface area contributed by atoms with Crippen LogP contribution < -0.4 is 5.32 Å². The number of aliphatic hydroxyl groups is 1. The second-order valence-electron chi connectivity index (χ2n) is 4.21. The molecule has 0 aliphatic heterocycles. The predicted molar refractivity (Wildman–Crippen MR) is 82.5 cm³/mol. The Balaban J connectivity index is 1.92. The Morgan fingerprint density at radius 3 is 2.55 bits per heavy atom. The summed E-state index contributed by atoms with van der Waals surface area (Å²) in [6.07, 6.45) is -0.621. The van der Waals surface area contributed by atoms with Crippen LogP contribution in [0.15, 0.2) is 35.7 Å². The number of hydrogen-bond donors (Lipinski definition) is 2. The van der Waals surface area contributed by atoms with Crippen molar-refractivity contribution in [1.82, 2.24) is 5.32 Å². The number of nitrogens with one attached hydrogen (secondary N) is 1. The molecule has 1 aromatic carbocycles. The summed E-state index contributed by atoms with van der Waals surface area (Å²) in [5.74, 6) is -0.144. The van der Waals surface area contributed by atoms with E-state index < -0.39 is 6.10 Å². The van der Waals surface area contributed by atoms with Crippen molar-refractivity contribution in [2.75, 3.05) is 6.54 Å². The van der Waals surface area contributed by atoms with Gasteiger partial charge >= 0.3 is 0 Å². The number of carbonyl (C=O) groups excluding carboxylic acids is 1. The first kappa shape index (κ1) is 15.3. The zero-order chi connectivity index (χ0) is 14.5. The highest BCUT2D eigenvalue weighted by Gasteiger charge is 2.16. The van der Waals surface area contributed by atoms with Gasteiger partial charge in [-0.2, -0.15) is 0 Å². The van der Waals surface area contributed by atoms with Gasteiger partial charge in [-0.1, -0.05) is 35.3 Å². The molecule has 106 valence electrons. The lowest BCUT2D eigenvalue weighted by atomic mass is 10.1. The van der Waals surface area contributed by atoms with Gasteiger partial charge in [0.05, 0.1) is 12.5 Å². The summed E-state index contributed by atoms with van der Waals surface area (Å²) in [5, 5.41) is 15.4. The molecule has 0 bridgehead atoms. The number of carbonyl (C=O) groups is 1. The molecule has 0 aliphatic carbocycles. The van der Waals surface area contributed by atoms with Crippen molar-refractivity contribution in [1.29, 1.82) is 0 Å². The molecule has 1 atom stereocenters. The molecule has 0 spiro atoms. The third kappa shape index (κ3) is 3.96. The van der Waals surface area contributed by atoms with E-state index in [0.717, 1.165) is 4.88 Å². The van der Waals surface area contributed by atoms with E-state index in [1.165, 1.54) is 11.3 Å². The molecule has 1 heterocycles. The van der Waals surface area contributed by atoms with Crippen molar-refractivity contribution >= 4 is 40.4 Å². The summed E-state index contributed by atoms with van der Waals surface area (Å²) in [6.45, 7) is 0.0770. The van der Waals surface area contributed by atoms with Crippen LogP contribution in [0.25, 0.3) is 0 Å². The molecule has 2 aromatic rings. The van der Waals surface area contributed by atoms with E-state index in [1.807, 2.05) is 17.5 Å². The minimum Gasteiger partial charge on any atom is -0.386 e. The van der Waals surface area contributed by atoms with E-state index in [-0.39, 0.29) is 12.5 Å². The van der Waals surface area contributed by atoms with E-state index in [9.17, 15) is 9.90 Å². The van der Waals surface area contributed by atoms with Crippen molar-refractivity contribution in [3.05, 3.63) is 56.2 Å². The number of hydrogen-bond acceptors (Lipinski definition) is 3. The van der Waals surface area contributed by atoms with Crippen molar-refractivity contribution in [2.45, 2.75) is 12.5 Å². The monoisotopic (exact) mass is 329 g/mol. The highest BCUT2D eigenvalue weighted by Crippen LogP contribution is 2.29. The fraction of sp³-hybridized carbons (Fsp3) is 0.214. The normalized spacial score (nSPS) is 12.2. The Kier molecular flexibility index (Phi) is 5.43. The maximum absolute atomic E-state index is 11.7. The SMILES string of the molecule is O=C(Cc1cccs1)NCC(O)c1c(Cl)cccc1Cl. The molecule has 1 amide bonds. The Morgan fingerprint density at radius 1 is 1.25 bits per heavy atom. The van der Waals surface area contributed by atoms with E-state index in [4.69, 9.17) is 23.2 Å². The fourth-order valence-corrected chi connectivity index (χ4v) is 3.13. The van der Waals surface area contributed by atoms with Gasteiger partial charge in [0.1, 0.15) is 0 Å². The van der Waals surface area contributed by atoms with Gasteiger partial charge in [-0.15, -0.1) is 11.3 Å². The number of benzene rings is 1. The van der Waals surface area contributed by atoms with Gasteiger partial charge in [0.15, 0.2) is 0 Å². The molecule has 0 fully saturated rings. The number of amides is 1. The molecular formula is C14H13Cl2NO2S. The highest BCUT2D eigenvalue weighted by atomic mass is 35.5. The second-order valence-corrected chi connectivity index (χ2v) is 6.06. The molecule has 20 heavy (non-hydrogen) atoms. The minimum atomic E-state index is -0.927. The van der Waals surface area contributed by atoms with Gasteiger partial charge in [0.25, 0.3) is 0 Å². The zero-order valence-corrected chi connectivity index (χ0v) is 12.8. The highest BCUT2D eigenvalue weighted by molar-refractivity contribution is 7.10. The van der Waals surface area contributed by atoms with Crippen molar-refractivity contribution < 1.29 is 9.90 Å². The van der Waals surface area contributed by atoms with Crippen LogP contribution in [-0.2, 0) is 11.2 Å². The fourth-order valence-electron chi connectivity index (χ4n) is 1.78. The molecule has 6 heteroatoms. The molecule has 0 radical (unpaired) electrons. The lowest BCUT2D eigenvalue weighted by molar-refractivity contribution is -0.120. The molecular weight excluding hydrogens is 317 g/mol. The molecule has 0 aliphatic rings. The summed E-state index contributed by atoms with van der Waals surface area (Å²) in [7, 11) is 0. The van der Waals surface area contributed by atoms with E-state index in [2.05, 4.69) is 5.32 Å². The molecule has 2 N–H and O–H groups in total. The second kappa shape index (κ2) is 7.09. The smallest absolute Gasteiger partial charge is 0.225 e. The third-order valence-corrected chi connectivity index (χ3v) is 4.28. The Bertz CT molecular complexity index is 567. The van der Waals surface area contributed by atoms with Crippen molar-refractivity contribution in [3.63, 3.8) is 0 Å². The maximum atomic E-state index is 11.7. The van der Waals surface area contributed by atoms with Gasteiger partial charge < -0.3 is 10.4 Å². The van der Waals surface area contributed by atoms with E-state index in [1.54, 1.807) is 18.2 Å². The number of rotatable bonds is 5. The van der Waals surface area contributed by atoms with Gasteiger partial charge in [0, 0.05) is 27.0 Å². The van der Waals surface area contributed by atoms with Gasteiger partial charge in [-0.25, -0.2) is 0 Å². The first-order valence-corrected chi connectivity index (χ1v) is 7.62. The summed E-state index contributed by atoms with van der Waals surface area (Å²) < 4.78 is 0. The summed E-state index contributed by atoms with van der Waals surface area (Å²) in [4.78, 5) is 12.7. The molecule has 2 rings (SSSR count). The molecule has 3 nitrogen and oxygen atoms in total. The lowest BCUT2D eigenvalue weighted by Crippen LogP contribution is -2.29. The average molecular weight is 330 g/mol. The first-order valence-electron chi connectivity index (χ1n) is 5.99. The summed E-state index contributed by atoms with van der Waals surface area (Å²) in [6, 6.07) is 8.80. The van der Waals surface area contributed by atoms with Crippen LogP contribution in [-0.4, -0.2) is 17.6 Å². The third-order valence-electron chi connectivity index (χ3n) is 2.74. The topological polar surface area (TPSA) is 49.3 Å². The minimum absolute atomic E-state index is 0.0770. The quantitative estimate of drug-likeness (QED) is 0.882. The van der Waals surface area contributed by atoms with Crippen LogP contribution in [0.1, 0.15) is 16.5 Å². The van der Waals surface area contributed by atoms with Gasteiger partial charge in [-0.3, -0.25) is 4.79 Å². The lowest BCUT2D eigenvalue weighted by Gasteiger charge is -2.15. The van der Waals surface area contributed by atoms with Crippen LogP contribution in [0.4, 0.5) is 0 Å². The van der Waals surface area contributed by atoms with Crippen LogP contribution in [0.2, 0.25) is 10.0 Å². The molecule has 1 aromatic heterocycles.